The Labute approximate surface area is 208 Å². The van der Waals surface area contributed by atoms with Gasteiger partial charge in [0.15, 0.2) is 12.5 Å². The molecular formula is C25H29FN4O6. The fourth-order valence-electron chi connectivity index (χ4n) is 5.18. The smallest absolute Gasteiger partial charge is 0.276 e. The van der Waals surface area contributed by atoms with E-state index in [9.17, 15) is 19.2 Å². The zero-order valence-electron chi connectivity index (χ0n) is 20.0. The van der Waals surface area contributed by atoms with Gasteiger partial charge in [-0.25, -0.2) is 4.39 Å². The standard InChI is InChI=1S/C25H29FN4O6/c1-15-8-16(24(31)27-2-3-29-4-6-34-7-5-29)11-20-21(15)22(28-33)25(32)30(20)12-17-9-19(26)10-18-13-35-14-36-23(17)18/h8-11,15,21,33H,2-7,12-14H2,1H3,(H,27,31)/b28-22-. The average molecular weight is 501 g/mol. The summed E-state index contributed by atoms with van der Waals surface area (Å²) in [6.45, 7) is 6.35. The molecule has 1 aromatic rings. The molecule has 10 nitrogen and oxygen atoms in total. The quantitative estimate of drug-likeness (QED) is 0.448. The van der Waals surface area contributed by atoms with Crippen molar-refractivity contribution in [3.8, 4) is 5.75 Å². The summed E-state index contributed by atoms with van der Waals surface area (Å²) in [5.74, 6) is -1.51. The van der Waals surface area contributed by atoms with Crippen LogP contribution < -0.4 is 10.1 Å². The Kier molecular flexibility index (Phi) is 7.04. The molecule has 2 N–H and O–H groups in total. The van der Waals surface area contributed by atoms with Crippen molar-refractivity contribution in [2.75, 3.05) is 46.2 Å². The highest BCUT2D eigenvalue weighted by Crippen LogP contribution is 2.40. The number of carbonyl (C=O) groups is 2. The zero-order chi connectivity index (χ0) is 25.2. The minimum absolute atomic E-state index is 0.00106. The summed E-state index contributed by atoms with van der Waals surface area (Å²) in [6.07, 6.45) is 3.44. The van der Waals surface area contributed by atoms with Crippen molar-refractivity contribution in [1.82, 2.24) is 15.1 Å². The lowest BCUT2D eigenvalue weighted by Gasteiger charge is -2.28. The number of amides is 2. The number of nitrogens with zero attached hydrogens (tertiary/aromatic N) is 3. The molecule has 2 amide bonds. The SMILES string of the molecule is CC1C=C(C(=O)NCCN2CCOCC2)C=C2C1/C(=N/O)C(=O)N2Cc1cc(F)cc2c1OCOC2. The summed E-state index contributed by atoms with van der Waals surface area (Å²) in [6, 6.07) is 2.67. The van der Waals surface area contributed by atoms with Gasteiger partial charge >= 0.3 is 0 Å². The van der Waals surface area contributed by atoms with Crippen LogP contribution in [0.5, 0.6) is 5.75 Å². The second-order valence-corrected chi connectivity index (χ2v) is 9.28. The van der Waals surface area contributed by atoms with Crippen molar-refractivity contribution >= 4 is 17.5 Å². The van der Waals surface area contributed by atoms with E-state index in [1.165, 1.54) is 17.0 Å². The normalized spacial score (nSPS) is 25.1. The zero-order valence-corrected chi connectivity index (χ0v) is 20.0. The summed E-state index contributed by atoms with van der Waals surface area (Å²) in [5, 5.41) is 15.9. The van der Waals surface area contributed by atoms with E-state index in [1.54, 1.807) is 12.2 Å². The predicted molar refractivity (Wildman–Crippen MR) is 126 cm³/mol. The highest BCUT2D eigenvalue weighted by atomic mass is 19.1. The first-order valence-electron chi connectivity index (χ1n) is 12.0. The van der Waals surface area contributed by atoms with Crippen LogP contribution in [0.15, 0.2) is 40.7 Å². The van der Waals surface area contributed by atoms with E-state index in [0.29, 0.717) is 47.9 Å². The molecule has 36 heavy (non-hydrogen) atoms. The number of ether oxygens (including phenoxy) is 3. The van der Waals surface area contributed by atoms with E-state index in [2.05, 4.69) is 15.4 Å². The number of allylic oxidation sites excluding steroid dienone is 2. The van der Waals surface area contributed by atoms with E-state index < -0.39 is 17.6 Å². The van der Waals surface area contributed by atoms with E-state index in [-0.39, 0.29) is 37.5 Å². The monoisotopic (exact) mass is 500 g/mol. The molecule has 5 rings (SSSR count). The van der Waals surface area contributed by atoms with Crippen LogP contribution in [-0.4, -0.2) is 78.7 Å². The van der Waals surface area contributed by atoms with Gasteiger partial charge in [0.1, 0.15) is 11.6 Å². The van der Waals surface area contributed by atoms with Crippen molar-refractivity contribution in [2.24, 2.45) is 17.0 Å². The lowest BCUT2D eigenvalue weighted by molar-refractivity contribution is -0.122. The number of nitrogens with one attached hydrogen (secondary N) is 1. The van der Waals surface area contributed by atoms with Crippen molar-refractivity contribution in [3.05, 3.63) is 52.5 Å². The van der Waals surface area contributed by atoms with Gasteiger partial charge in [-0.3, -0.25) is 14.5 Å². The first-order valence-corrected chi connectivity index (χ1v) is 12.0. The molecular weight excluding hydrogens is 471 g/mol. The number of morpholine rings is 1. The number of fused-ring (bicyclic) bond motifs is 2. The minimum Gasteiger partial charge on any atom is -0.467 e. The number of halogens is 1. The topological polar surface area (TPSA) is 113 Å². The average Bonchev–Trinajstić information content (AvgIpc) is 3.15. The number of rotatable bonds is 6. The molecule has 0 bridgehead atoms. The van der Waals surface area contributed by atoms with Gasteiger partial charge in [0.25, 0.3) is 11.8 Å². The van der Waals surface area contributed by atoms with Gasteiger partial charge in [-0.1, -0.05) is 18.2 Å². The van der Waals surface area contributed by atoms with Crippen LogP contribution in [0.25, 0.3) is 0 Å². The van der Waals surface area contributed by atoms with Crippen molar-refractivity contribution < 1.29 is 33.4 Å². The minimum atomic E-state index is -0.513. The van der Waals surface area contributed by atoms with Crippen LogP contribution in [0.2, 0.25) is 0 Å². The number of likely N-dealkylation sites (tertiary alicyclic amines) is 1. The van der Waals surface area contributed by atoms with E-state index >= 15 is 0 Å². The lowest BCUT2D eigenvalue weighted by Crippen LogP contribution is -2.41. The third-order valence-electron chi connectivity index (χ3n) is 6.93. The Morgan fingerprint density at radius 1 is 1.28 bits per heavy atom. The molecule has 1 aliphatic carbocycles. The Balaban J connectivity index is 1.37. The van der Waals surface area contributed by atoms with E-state index in [0.717, 1.165) is 19.6 Å². The van der Waals surface area contributed by atoms with Gasteiger partial charge in [-0.05, 0) is 24.1 Å². The van der Waals surface area contributed by atoms with E-state index in [4.69, 9.17) is 14.2 Å². The fraction of sp³-hybridized carbons (Fsp3) is 0.480. The maximum Gasteiger partial charge on any atom is 0.276 e. The molecule has 0 spiro atoms. The second kappa shape index (κ2) is 10.4. The van der Waals surface area contributed by atoms with Crippen molar-refractivity contribution in [3.63, 3.8) is 0 Å². The Morgan fingerprint density at radius 2 is 2.08 bits per heavy atom. The largest absolute Gasteiger partial charge is 0.467 e. The number of hydrogen-bond acceptors (Lipinski definition) is 8. The molecule has 1 aromatic carbocycles. The molecule has 3 aliphatic heterocycles. The molecule has 11 heteroatoms. The predicted octanol–water partition coefficient (Wildman–Crippen LogP) is 1.39. The molecule has 3 heterocycles. The van der Waals surface area contributed by atoms with Gasteiger partial charge in [-0.2, -0.15) is 0 Å². The van der Waals surface area contributed by atoms with Gasteiger partial charge in [0.05, 0.1) is 32.3 Å². The Morgan fingerprint density at radius 3 is 2.86 bits per heavy atom. The molecule has 0 saturated carbocycles. The van der Waals surface area contributed by atoms with Crippen LogP contribution in [0.4, 0.5) is 4.39 Å². The highest BCUT2D eigenvalue weighted by molar-refractivity contribution is 6.43. The van der Waals surface area contributed by atoms with Crippen LogP contribution in [0, 0.1) is 17.7 Å². The molecule has 4 aliphatic rings. The van der Waals surface area contributed by atoms with Gasteiger partial charge < -0.3 is 29.6 Å². The first kappa shape index (κ1) is 24.4. The second-order valence-electron chi connectivity index (χ2n) is 9.28. The number of benzene rings is 1. The summed E-state index contributed by atoms with van der Waals surface area (Å²) in [7, 11) is 0. The Hall–Kier alpha value is -3.28. The maximum absolute atomic E-state index is 14.3. The number of carbonyl (C=O) groups excluding carboxylic acids is 2. The summed E-state index contributed by atoms with van der Waals surface area (Å²) < 4.78 is 30.5. The summed E-state index contributed by atoms with van der Waals surface area (Å²) >= 11 is 0. The third-order valence-corrected chi connectivity index (χ3v) is 6.93. The van der Waals surface area contributed by atoms with Crippen LogP contribution in [0.3, 0.4) is 0 Å². The van der Waals surface area contributed by atoms with Crippen LogP contribution in [-0.2, 0) is 32.2 Å². The van der Waals surface area contributed by atoms with Crippen LogP contribution >= 0.6 is 0 Å². The first-order chi connectivity index (χ1) is 17.5. The molecule has 0 radical (unpaired) electrons. The van der Waals surface area contributed by atoms with E-state index in [1.807, 2.05) is 6.92 Å². The molecule has 2 atom stereocenters. The number of hydrogen-bond donors (Lipinski definition) is 2. The van der Waals surface area contributed by atoms with Gasteiger partial charge in [-0.15, -0.1) is 0 Å². The molecule has 0 aromatic heterocycles. The maximum atomic E-state index is 14.3. The highest BCUT2D eigenvalue weighted by Gasteiger charge is 2.46. The van der Waals surface area contributed by atoms with Crippen molar-refractivity contribution in [1.29, 1.82) is 0 Å². The molecule has 2 unspecified atom stereocenters. The van der Waals surface area contributed by atoms with Gasteiger partial charge in [0.2, 0.25) is 0 Å². The number of oxime groups is 1. The lowest BCUT2D eigenvalue weighted by atomic mass is 9.83. The molecule has 2 saturated heterocycles. The van der Waals surface area contributed by atoms with Gasteiger partial charge in [0, 0.05) is 48.6 Å². The van der Waals surface area contributed by atoms with Crippen molar-refractivity contribution in [2.45, 2.75) is 20.1 Å². The molecule has 2 fully saturated rings. The fourth-order valence-corrected chi connectivity index (χ4v) is 5.18. The summed E-state index contributed by atoms with van der Waals surface area (Å²) in [5.41, 5.74) is 1.98. The van der Waals surface area contributed by atoms with Crippen LogP contribution in [0.1, 0.15) is 18.1 Å². The molecule has 192 valence electrons. The third kappa shape index (κ3) is 4.73. The Bertz CT molecular complexity index is 1140. The summed E-state index contributed by atoms with van der Waals surface area (Å²) in [4.78, 5) is 29.9.